The minimum absolute atomic E-state index is 0.480. The lowest BCUT2D eigenvalue weighted by Gasteiger charge is -2.32. The zero-order valence-corrected chi connectivity index (χ0v) is 10.0. The molecule has 3 rings (SSSR count). The van der Waals surface area contributed by atoms with Gasteiger partial charge in [-0.15, -0.1) is 0 Å². The molecule has 0 amide bonds. The topological polar surface area (TPSA) is 29.8 Å². The van der Waals surface area contributed by atoms with Crippen LogP contribution in [0.2, 0.25) is 0 Å². The first kappa shape index (κ1) is 10.7. The molecular formula is C13H17N3O. The number of nitrogens with zero attached hydrogens (tertiary/aromatic N) is 3. The molecule has 0 aliphatic carbocycles. The van der Waals surface area contributed by atoms with E-state index in [-0.39, 0.29) is 0 Å². The average molecular weight is 231 g/mol. The maximum Gasteiger partial charge on any atom is 0.137 e. The third-order valence-electron chi connectivity index (χ3n) is 3.28. The van der Waals surface area contributed by atoms with Gasteiger partial charge in [-0.05, 0) is 19.1 Å². The van der Waals surface area contributed by atoms with Gasteiger partial charge in [-0.1, -0.05) is 6.07 Å². The minimum atomic E-state index is 0.480. The molecule has 4 heteroatoms. The van der Waals surface area contributed by atoms with E-state index in [0.717, 1.165) is 37.6 Å². The van der Waals surface area contributed by atoms with Crippen LogP contribution >= 0.6 is 0 Å². The summed E-state index contributed by atoms with van der Waals surface area (Å²) in [4.78, 5) is 7.04. The van der Waals surface area contributed by atoms with Crippen LogP contribution in [-0.4, -0.2) is 40.1 Å². The lowest BCUT2D eigenvalue weighted by atomic mass is 10.2. The summed E-state index contributed by atoms with van der Waals surface area (Å²) in [5.74, 6) is 0. The van der Waals surface area contributed by atoms with Crippen molar-refractivity contribution in [1.82, 2.24) is 14.3 Å². The van der Waals surface area contributed by atoms with Crippen LogP contribution in [0.4, 0.5) is 0 Å². The number of aromatic nitrogens is 2. The molecule has 0 saturated carbocycles. The Kier molecular flexibility index (Phi) is 2.82. The predicted octanol–water partition coefficient (Wildman–Crippen LogP) is 1.55. The molecule has 0 spiro atoms. The molecule has 1 aliphatic rings. The van der Waals surface area contributed by atoms with Crippen molar-refractivity contribution < 1.29 is 4.74 Å². The molecule has 4 nitrogen and oxygen atoms in total. The fourth-order valence-corrected chi connectivity index (χ4v) is 2.27. The Morgan fingerprint density at radius 3 is 3.24 bits per heavy atom. The van der Waals surface area contributed by atoms with Gasteiger partial charge in [0.25, 0.3) is 0 Å². The maximum absolute atomic E-state index is 5.44. The summed E-state index contributed by atoms with van der Waals surface area (Å²) in [7, 11) is 0. The highest BCUT2D eigenvalue weighted by Crippen LogP contribution is 2.12. The Balaban J connectivity index is 1.79. The van der Waals surface area contributed by atoms with Gasteiger partial charge in [0.05, 0.1) is 18.9 Å². The molecular weight excluding hydrogens is 214 g/mol. The zero-order valence-electron chi connectivity index (χ0n) is 10.0. The summed E-state index contributed by atoms with van der Waals surface area (Å²) in [5.41, 5.74) is 2.15. The van der Waals surface area contributed by atoms with Crippen molar-refractivity contribution in [2.75, 3.05) is 19.8 Å². The summed E-state index contributed by atoms with van der Waals surface area (Å²) < 4.78 is 7.51. The molecule has 1 fully saturated rings. The zero-order chi connectivity index (χ0) is 11.7. The molecule has 0 bridgehead atoms. The van der Waals surface area contributed by atoms with E-state index in [0.29, 0.717) is 6.04 Å². The number of rotatable bonds is 2. The molecule has 2 aromatic heterocycles. The molecule has 1 saturated heterocycles. The summed E-state index contributed by atoms with van der Waals surface area (Å²) in [6, 6.07) is 6.56. The number of fused-ring (bicyclic) bond motifs is 1. The monoisotopic (exact) mass is 231 g/mol. The van der Waals surface area contributed by atoms with Crippen LogP contribution in [0.15, 0.2) is 30.6 Å². The van der Waals surface area contributed by atoms with E-state index in [1.165, 1.54) is 0 Å². The van der Waals surface area contributed by atoms with Gasteiger partial charge in [-0.2, -0.15) is 0 Å². The van der Waals surface area contributed by atoms with Crippen LogP contribution in [0, 0.1) is 0 Å². The number of hydrogen-bond acceptors (Lipinski definition) is 3. The van der Waals surface area contributed by atoms with Crippen LogP contribution in [0.1, 0.15) is 12.6 Å². The SMILES string of the molecule is C[C@H]1COCCN1Cc1cn2ccccc2n1. The highest BCUT2D eigenvalue weighted by Gasteiger charge is 2.19. The van der Waals surface area contributed by atoms with E-state index in [1.54, 1.807) is 0 Å². The van der Waals surface area contributed by atoms with Crippen molar-refractivity contribution in [3.05, 3.63) is 36.3 Å². The smallest absolute Gasteiger partial charge is 0.137 e. The lowest BCUT2D eigenvalue weighted by Crippen LogP contribution is -2.42. The molecule has 0 N–H and O–H groups in total. The van der Waals surface area contributed by atoms with Gasteiger partial charge in [0.2, 0.25) is 0 Å². The van der Waals surface area contributed by atoms with Crippen molar-refractivity contribution in [3.8, 4) is 0 Å². The van der Waals surface area contributed by atoms with E-state index in [4.69, 9.17) is 4.74 Å². The first-order valence-electron chi connectivity index (χ1n) is 6.07. The molecule has 1 atom stereocenters. The molecule has 1 aliphatic heterocycles. The third kappa shape index (κ3) is 2.18. The highest BCUT2D eigenvalue weighted by atomic mass is 16.5. The summed E-state index contributed by atoms with van der Waals surface area (Å²) in [6.45, 7) is 5.77. The summed E-state index contributed by atoms with van der Waals surface area (Å²) in [6.07, 6.45) is 4.14. The molecule has 0 aromatic carbocycles. The van der Waals surface area contributed by atoms with Crippen molar-refractivity contribution in [2.24, 2.45) is 0 Å². The second kappa shape index (κ2) is 4.47. The fourth-order valence-electron chi connectivity index (χ4n) is 2.27. The quantitative estimate of drug-likeness (QED) is 0.785. The van der Waals surface area contributed by atoms with Gasteiger partial charge >= 0.3 is 0 Å². The van der Waals surface area contributed by atoms with Crippen molar-refractivity contribution in [3.63, 3.8) is 0 Å². The molecule has 2 aromatic rings. The van der Waals surface area contributed by atoms with Crippen molar-refractivity contribution in [1.29, 1.82) is 0 Å². The molecule has 17 heavy (non-hydrogen) atoms. The predicted molar refractivity (Wildman–Crippen MR) is 65.9 cm³/mol. The number of pyridine rings is 1. The fraction of sp³-hybridized carbons (Fsp3) is 0.462. The van der Waals surface area contributed by atoms with E-state index in [2.05, 4.69) is 27.4 Å². The highest BCUT2D eigenvalue weighted by molar-refractivity contribution is 5.39. The molecule has 90 valence electrons. The average Bonchev–Trinajstić information content (AvgIpc) is 2.74. The number of imidazole rings is 1. The lowest BCUT2D eigenvalue weighted by molar-refractivity contribution is -0.00484. The van der Waals surface area contributed by atoms with E-state index < -0.39 is 0 Å². The van der Waals surface area contributed by atoms with Crippen LogP contribution in [0.3, 0.4) is 0 Å². The minimum Gasteiger partial charge on any atom is -0.379 e. The number of ether oxygens (including phenoxy) is 1. The Morgan fingerprint density at radius 1 is 1.47 bits per heavy atom. The standard InChI is InChI=1S/C13H17N3O/c1-11-10-17-7-6-15(11)8-12-9-16-5-3-2-4-13(16)14-12/h2-5,9,11H,6-8,10H2,1H3/t11-/m0/s1. The van der Waals surface area contributed by atoms with Crippen LogP contribution < -0.4 is 0 Å². The van der Waals surface area contributed by atoms with Gasteiger partial charge in [0.1, 0.15) is 5.65 Å². The van der Waals surface area contributed by atoms with Gasteiger partial charge < -0.3 is 9.14 Å². The van der Waals surface area contributed by atoms with Crippen LogP contribution in [0.25, 0.3) is 5.65 Å². The third-order valence-corrected chi connectivity index (χ3v) is 3.28. The van der Waals surface area contributed by atoms with E-state index >= 15 is 0 Å². The normalized spacial score (nSPS) is 22.1. The van der Waals surface area contributed by atoms with Gasteiger partial charge in [-0.25, -0.2) is 4.98 Å². The first-order chi connectivity index (χ1) is 8.33. The second-order valence-corrected chi connectivity index (χ2v) is 4.59. The number of morpholine rings is 1. The van der Waals surface area contributed by atoms with Crippen molar-refractivity contribution >= 4 is 5.65 Å². The Morgan fingerprint density at radius 2 is 2.41 bits per heavy atom. The Labute approximate surface area is 101 Å². The van der Waals surface area contributed by atoms with E-state index in [9.17, 15) is 0 Å². The number of hydrogen-bond donors (Lipinski definition) is 0. The Hall–Kier alpha value is -1.39. The molecule has 0 radical (unpaired) electrons. The summed E-state index contributed by atoms with van der Waals surface area (Å²) >= 11 is 0. The Bertz CT molecular complexity index is 475. The first-order valence-corrected chi connectivity index (χ1v) is 6.07. The maximum atomic E-state index is 5.44. The van der Waals surface area contributed by atoms with E-state index in [1.807, 2.05) is 24.4 Å². The van der Waals surface area contributed by atoms with Gasteiger partial charge in [0.15, 0.2) is 0 Å². The summed E-state index contributed by atoms with van der Waals surface area (Å²) in [5, 5.41) is 0. The second-order valence-electron chi connectivity index (χ2n) is 4.59. The largest absolute Gasteiger partial charge is 0.379 e. The van der Waals surface area contributed by atoms with Crippen LogP contribution in [-0.2, 0) is 11.3 Å². The van der Waals surface area contributed by atoms with Gasteiger partial charge in [-0.3, -0.25) is 4.90 Å². The van der Waals surface area contributed by atoms with Gasteiger partial charge in [0, 0.05) is 31.5 Å². The molecule has 3 heterocycles. The van der Waals surface area contributed by atoms with Crippen molar-refractivity contribution in [2.45, 2.75) is 19.5 Å². The molecule has 0 unspecified atom stereocenters. The van der Waals surface area contributed by atoms with Crippen LogP contribution in [0.5, 0.6) is 0 Å².